The van der Waals surface area contributed by atoms with E-state index in [2.05, 4.69) is 30.7 Å². The normalized spacial score (nSPS) is 12.1. The molecule has 6 rings (SSSR count). The van der Waals surface area contributed by atoms with Crippen molar-refractivity contribution in [3.05, 3.63) is 158 Å². The van der Waals surface area contributed by atoms with Gasteiger partial charge in [0.15, 0.2) is 0 Å². The summed E-state index contributed by atoms with van der Waals surface area (Å²) >= 11 is 0. The van der Waals surface area contributed by atoms with E-state index in [0.717, 1.165) is 0 Å². The first kappa shape index (κ1) is 33.5. The first-order valence-corrected chi connectivity index (χ1v) is 17.7. The predicted octanol–water partition coefficient (Wildman–Crippen LogP) is 10.5. The molecule has 0 amide bonds. The fraction of sp³-hybridized carbons (Fsp3) is 0. The van der Waals surface area contributed by atoms with Crippen molar-refractivity contribution < 1.29 is 25.2 Å². The first-order chi connectivity index (χ1) is 24.2. The second-order valence-electron chi connectivity index (χ2n) is 10.3. The molecule has 0 fully saturated rings. The minimum Gasteiger partial charge on any atom is -0.379 e. The molecule has 6 aromatic carbocycles. The van der Waals surface area contributed by atoms with Crippen molar-refractivity contribution in [2.45, 2.75) is 9.79 Å². The number of benzene rings is 6. The zero-order valence-electron chi connectivity index (χ0n) is 26.0. The predicted molar refractivity (Wildman–Crippen MR) is 187 cm³/mol. The average molecular weight is 703 g/mol. The SMILES string of the molecule is O=S(=O)(Oc1ccc(/N=N/c2ccc(OS(=O)(=O)c3ccc(/N=N/c4ccccc4)cc3)cc2)cc1)c1ccc(/N=N/c2ccccc2)cc1. The minimum atomic E-state index is -4.10. The van der Waals surface area contributed by atoms with Gasteiger partial charge in [0.2, 0.25) is 0 Å². The van der Waals surface area contributed by atoms with E-state index in [0.29, 0.717) is 34.1 Å². The Morgan fingerprint density at radius 3 is 0.820 bits per heavy atom. The third-order valence-electron chi connectivity index (χ3n) is 6.69. The highest BCUT2D eigenvalue weighted by Gasteiger charge is 2.18. The quantitative estimate of drug-likeness (QED) is 0.0910. The molecule has 0 saturated carbocycles. The smallest absolute Gasteiger partial charge is 0.339 e. The standard InChI is InChI=1S/C36H26N6O6S2/c43-49(44,35-23-15-31(16-24-35)41-37-27-7-3-1-4-8-27)47-33-19-11-29(12-20-33)39-40-30-13-21-34(22-14-30)48-50(45,46)36-25-17-32(18-26-36)42-38-28-9-5-2-6-10-28/h1-26H/b40-39+,41-37+,42-38+. The lowest BCUT2D eigenvalue weighted by molar-refractivity contribution is 0.484. The molecule has 12 nitrogen and oxygen atoms in total. The molecular formula is C36H26N6O6S2. The monoisotopic (exact) mass is 702 g/mol. The molecule has 0 aliphatic carbocycles. The maximum absolute atomic E-state index is 12.8. The van der Waals surface area contributed by atoms with Gasteiger partial charge < -0.3 is 8.37 Å². The Hall–Kier alpha value is -6.38. The molecule has 0 spiro atoms. The van der Waals surface area contributed by atoms with E-state index in [1.165, 1.54) is 72.8 Å². The summed E-state index contributed by atoms with van der Waals surface area (Å²) in [6.07, 6.45) is 0. The van der Waals surface area contributed by atoms with E-state index in [4.69, 9.17) is 8.37 Å². The van der Waals surface area contributed by atoms with Crippen LogP contribution < -0.4 is 8.37 Å². The molecule has 0 N–H and O–H groups in total. The molecule has 50 heavy (non-hydrogen) atoms. The van der Waals surface area contributed by atoms with Crippen LogP contribution in [0.15, 0.2) is 198 Å². The van der Waals surface area contributed by atoms with E-state index in [1.807, 2.05) is 36.4 Å². The van der Waals surface area contributed by atoms with Gasteiger partial charge in [0.05, 0.1) is 34.1 Å². The van der Waals surface area contributed by atoms with E-state index in [1.54, 1.807) is 48.5 Å². The van der Waals surface area contributed by atoms with Gasteiger partial charge in [-0.25, -0.2) is 0 Å². The van der Waals surface area contributed by atoms with Crippen molar-refractivity contribution in [2.24, 2.45) is 30.7 Å². The molecule has 0 heterocycles. The third kappa shape index (κ3) is 9.15. The summed E-state index contributed by atoms with van der Waals surface area (Å²) in [4.78, 5) is -0.0836. The summed E-state index contributed by atoms with van der Waals surface area (Å²) in [5.41, 5.74) is 3.18. The van der Waals surface area contributed by atoms with Gasteiger partial charge in [0.25, 0.3) is 0 Å². The van der Waals surface area contributed by atoms with Crippen LogP contribution in [0.3, 0.4) is 0 Å². The second kappa shape index (κ2) is 15.2. The molecule has 6 aromatic rings. The summed E-state index contributed by atoms with van der Waals surface area (Å²) in [5, 5.41) is 24.7. The van der Waals surface area contributed by atoms with E-state index < -0.39 is 20.2 Å². The highest BCUT2D eigenvalue weighted by atomic mass is 32.2. The fourth-order valence-corrected chi connectivity index (χ4v) is 6.04. The van der Waals surface area contributed by atoms with Crippen molar-refractivity contribution in [3.8, 4) is 11.5 Å². The van der Waals surface area contributed by atoms with Crippen molar-refractivity contribution >= 4 is 54.4 Å². The Morgan fingerprint density at radius 1 is 0.300 bits per heavy atom. The molecule has 0 aliphatic rings. The Labute approximate surface area is 288 Å². The molecule has 0 saturated heterocycles. The lowest BCUT2D eigenvalue weighted by atomic mass is 10.3. The van der Waals surface area contributed by atoms with Crippen LogP contribution in [-0.4, -0.2) is 16.8 Å². The van der Waals surface area contributed by atoms with Crippen LogP contribution in [0.1, 0.15) is 0 Å². The average Bonchev–Trinajstić information content (AvgIpc) is 3.14. The molecule has 0 aromatic heterocycles. The lowest BCUT2D eigenvalue weighted by Crippen LogP contribution is -2.09. The van der Waals surface area contributed by atoms with Gasteiger partial charge in [0, 0.05) is 0 Å². The fourth-order valence-electron chi connectivity index (χ4n) is 4.18. The summed E-state index contributed by atoms with van der Waals surface area (Å²) < 4.78 is 61.7. The lowest BCUT2D eigenvalue weighted by Gasteiger charge is -2.07. The second-order valence-corrected chi connectivity index (χ2v) is 13.4. The zero-order valence-corrected chi connectivity index (χ0v) is 27.6. The Bertz CT molecular complexity index is 2180. The zero-order chi connectivity index (χ0) is 34.8. The molecule has 14 heteroatoms. The largest absolute Gasteiger partial charge is 0.379 e. The maximum Gasteiger partial charge on any atom is 0.339 e. The van der Waals surface area contributed by atoms with Gasteiger partial charge in [-0.1, -0.05) is 36.4 Å². The minimum absolute atomic E-state index is 0.0418. The Balaban J connectivity index is 1.02. The summed E-state index contributed by atoms with van der Waals surface area (Å²) in [5.74, 6) is 0.177. The van der Waals surface area contributed by atoms with Crippen molar-refractivity contribution in [1.29, 1.82) is 0 Å². The van der Waals surface area contributed by atoms with Crippen LogP contribution in [0.2, 0.25) is 0 Å². The number of nitrogens with zero attached hydrogens (tertiary/aromatic N) is 6. The molecule has 248 valence electrons. The molecule has 0 aliphatic heterocycles. The summed E-state index contributed by atoms with van der Waals surface area (Å²) in [7, 11) is -8.21. The van der Waals surface area contributed by atoms with Crippen LogP contribution in [-0.2, 0) is 20.2 Å². The van der Waals surface area contributed by atoms with Gasteiger partial charge in [-0.05, 0) is 121 Å². The van der Waals surface area contributed by atoms with Crippen LogP contribution in [0, 0.1) is 0 Å². The molecule has 0 unspecified atom stereocenters. The number of rotatable bonds is 12. The summed E-state index contributed by atoms with van der Waals surface area (Å²) in [6.45, 7) is 0. The molecular weight excluding hydrogens is 677 g/mol. The number of hydrogen-bond acceptors (Lipinski definition) is 12. The van der Waals surface area contributed by atoms with Gasteiger partial charge >= 0.3 is 20.2 Å². The van der Waals surface area contributed by atoms with Gasteiger partial charge in [-0.2, -0.15) is 47.5 Å². The van der Waals surface area contributed by atoms with Crippen LogP contribution in [0.5, 0.6) is 11.5 Å². The van der Waals surface area contributed by atoms with E-state index in [-0.39, 0.29) is 21.3 Å². The van der Waals surface area contributed by atoms with E-state index >= 15 is 0 Å². The van der Waals surface area contributed by atoms with Gasteiger partial charge in [-0.3, -0.25) is 0 Å². The first-order valence-electron chi connectivity index (χ1n) is 14.9. The van der Waals surface area contributed by atoms with Crippen molar-refractivity contribution in [3.63, 3.8) is 0 Å². The Kier molecular flexibility index (Phi) is 10.2. The van der Waals surface area contributed by atoms with Crippen LogP contribution in [0.25, 0.3) is 0 Å². The topological polar surface area (TPSA) is 161 Å². The molecule has 0 atom stereocenters. The highest BCUT2D eigenvalue weighted by molar-refractivity contribution is 7.87. The van der Waals surface area contributed by atoms with Crippen molar-refractivity contribution in [1.82, 2.24) is 0 Å². The number of azo groups is 3. The van der Waals surface area contributed by atoms with Crippen LogP contribution >= 0.6 is 0 Å². The van der Waals surface area contributed by atoms with Crippen LogP contribution in [0.4, 0.5) is 34.1 Å². The van der Waals surface area contributed by atoms with Gasteiger partial charge in [0.1, 0.15) is 21.3 Å². The van der Waals surface area contributed by atoms with Crippen molar-refractivity contribution in [2.75, 3.05) is 0 Å². The van der Waals surface area contributed by atoms with E-state index in [9.17, 15) is 16.8 Å². The summed E-state index contributed by atoms with van der Waals surface area (Å²) in [6, 6.07) is 42.0. The highest BCUT2D eigenvalue weighted by Crippen LogP contribution is 2.28. The maximum atomic E-state index is 12.8. The number of hydrogen-bond donors (Lipinski definition) is 0. The molecule has 0 radical (unpaired) electrons. The van der Waals surface area contributed by atoms with Gasteiger partial charge in [-0.15, -0.1) is 0 Å². The molecule has 0 bridgehead atoms. The third-order valence-corrected chi connectivity index (χ3v) is 9.21. The Morgan fingerprint density at radius 2 is 0.540 bits per heavy atom.